The molecule has 5 nitrogen and oxygen atoms in total. The molecule has 2 aliphatic rings. The van der Waals surface area contributed by atoms with Crippen molar-refractivity contribution in [1.29, 1.82) is 0 Å². The maximum atomic E-state index is 10.9. The maximum Gasteiger partial charge on any atom is 0.334 e. The number of benzene rings is 1. The molecule has 0 spiro atoms. The summed E-state index contributed by atoms with van der Waals surface area (Å²) < 4.78 is 10.7. The molecule has 1 saturated heterocycles. The third-order valence-electron chi connectivity index (χ3n) is 3.90. The largest absolute Gasteiger partial charge is 0.493 e. The monoisotopic (exact) mass is 277 g/mol. The highest BCUT2D eigenvalue weighted by Gasteiger charge is 2.25. The van der Waals surface area contributed by atoms with Crippen molar-refractivity contribution in [3.05, 3.63) is 29.3 Å². The Morgan fingerprint density at radius 1 is 1.40 bits per heavy atom. The lowest BCUT2D eigenvalue weighted by Gasteiger charge is -2.30. The van der Waals surface area contributed by atoms with E-state index in [0.29, 0.717) is 13.2 Å². The number of ether oxygens (including phenoxy) is 2. The highest BCUT2D eigenvalue weighted by atomic mass is 16.5. The van der Waals surface area contributed by atoms with Crippen molar-refractivity contribution in [1.82, 2.24) is 4.90 Å². The average Bonchev–Trinajstić information content (AvgIpc) is 2.93. The van der Waals surface area contributed by atoms with Crippen LogP contribution in [0.5, 0.6) is 5.75 Å². The minimum Gasteiger partial charge on any atom is -0.493 e. The molecule has 0 aliphatic carbocycles. The normalized spacial score (nSPS) is 22.3. The molecule has 108 valence electrons. The quantitative estimate of drug-likeness (QED) is 0.888. The van der Waals surface area contributed by atoms with Gasteiger partial charge in [-0.2, -0.15) is 0 Å². The van der Waals surface area contributed by atoms with Gasteiger partial charge in [0.15, 0.2) is 6.10 Å². The molecule has 1 aromatic rings. The number of nitrogens with zero attached hydrogens (tertiary/aromatic N) is 1. The summed E-state index contributed by atoms with van der Waals surface area (Å²) in [7, 11) is 0. The number of carboxylic acids is 1. The molecule has 0 radical (unpaired) electrons. The number of fused-ring (bicyclic) bond motifs is 1. The van der Waals surface area contributed by atoms with E-state index in [-0.39, 0.29) is 0 Å². The topological polar surface area (TPSA) is 59.0 Å². The van der Waals surface area contributed by atoms with Gasteiger partial charge in [0.05, 0.1) is 13.2 Å². The minimum absolute atomic E-state index is 0.476. The molecule has 1 atom stereocenters. The zero-order valence-corrected chi connectivity index (χ0v) is 11.4. The van der Waals surface area contributed by atoms with Crippen LogP contribution in [0.4, 0.5) is 0 Å². The summed E-state index contributed by atoms with van der Waals surface area (Å²) in [4.78, 5) is 13.1. The standard InChI is InChI=1S/C15H19NO4/c17-15(18)14-10-16(6-8-20-14)5-3-11-1-2-13-12(9-11)4-7-19-13/h1-2,9,14H,3-8,10H2,(H,17,18). The van der Waals surface area contributed by atoms with Gasteiger partial charge in [0, 0.05) is 26.1 Å². The second-order valence-electron chi connectivity index (χ2n) is 5.29. The van der Waals surface area contributed by atoms with Crippen LogP contribution in [0, 0.1) is 0 Å². The first kappa shape index (κ1) is 13.4. The molecule has 20 heavy (non-hydrogen) atoms. The Kier molecular flexibility index (Phi) is 3.89. The third kappa shape index (κ3) is 2.94. The Balaban J connectivity index is 1.55. The van der Waals surface area contributed by atoms with E-state index in [1.54, 1.807) is 0 Å². The molecule has 0 amide bonds. The van der Waals surface area contributed by atoms with E-state index < -0.39 is 12.1 Å². The van der Waals surface area contributed by atoms with E-state index >= 15 is 0 Å². The molecule has 5 heteroatoms. The van der Waals surface area contributed by atoms with Gasteiger partial charge in [-0.15, -0.1) is 0 Å². The smallest absolute Gasteiger partial charge is 0.334 e. The summed E-state index contributed by atoms with van der Waals surface area (Å²) in [5.41, 5.74) is 2.57. The predicted octanol–water partition coefficient (Wildman–Crippen LogP) is 0.949. The minimum atomic E-state index is -0.871. The Morgan fingerprint density at radius 2 is 2.30 bits per heavy atom. The molecule has 0 saturated carbocycles. The van der Waals surface area contributed by atoms with Crippen LogP contribution in [-0.4, -0.2) is 54.9 Å². The maximum absolute atomic E-state index is 10.9. The van der Waals surface area contributed by atoms with Crippen LogP contribution < -0.4 is 4.74 Å². The first-order valence-corrected chi connectivity index (χ1v) is 7.04. The average molecular weight is 277 g/mol. The summed E-state index contributed by atoms with van der Waals surface area (Å²) in [5.74, 6) is 0.135. The summed E-state index contributed by atoms with van der Waals surface area (Å²) in [6.45, 7) is 3.42. The van der Waals surface area contributed by atoms with Crippen molar-refractivity contribution < 1.29 is 19.4 Å². The Hall–Kier alpha value is -1.59. The summed E-state index contributed by atoms with van der Waals surface area (Å²) >= 11 is 0. The van der Waals surface area contributed by atoms with E-state index in [0.717, 1.165) is 38.3 Å². The van der Waals surface area contributed by atoms with E-state index in [1.807, 2.05) is 6.07 Å². The summed E-state index contributed by atoms with van der Waals surface area (Å²) in [6.07, 6.45) is 1.23. The van der Waals surface area contributed by atoms with E-state index in [1.165, 1.54) is 11.1 Å². The molecule has 1 N–H and O–H groups in total. The fourth-order valence-corrected chi connectivity index (χ4v) is 2.74. The van der Waals surface area contributed by atoms with Crippen LogP contribution in [0.3, 0.4) is 0 Å². The van der Waals surface area contributed by atoms with Crippen LogP contribution >= 0.6 is 0 Å². The number of hydrogen-bond acceptors (Lipinski definition) is 4. The lowest BCUT2D eigenvalue weighted by molar-refractivity contribution is -0.155. The number of carboxylic acid groups (broad SMARTS) is 1. The van der Waals surface area contributed by atoms with E-state index in [2.05, 4.69) is 17.0 Å². The predicted molar refractivity (Wildman–Crippen MR) is 73.2 cm³/mol. The van der Waals surface area contributed by atoms with Gasteiger partial charge in [0.1, 0.15) is 5.75 Å². The third-order valence-corrected chi connectivity index (χ3v) is 3.90. The first-order chi connectivity index (χ1) is 9.72. The van der Waals surface area contributed by atoms with Gasteiger partial charge < -0.3 is 14.6 Å². The van der Waals surface area contributed by atoms with Crippen LogP contribution in [-0.2, 0) is 22.4 Å². The van der Waals surface area contributed by atoms with Crippen molar-refractivity contribution in [3.63, 3.8) is 0 Å². The number of carbonyl (C=O) groups is 1. The van der Waals surface area contributed by atoms with Gasteiger partial charge in [0.25, 0.3) is 0 Å². The van der Waals surface area contributed by atoms with Crippen LogP contribution in [0.15, 0.2) is 18.2 Å². The van der Waals surface area contributed by atoms with Gasteiger partial charge in [-0.05, 0) is 23.6 Å². The zero-order chi connectivity index (χ0) is 13.9. The molecular weight excluding hydrogens is 258 g/mol. The van der Waals surface area contributed by atoms with Crippen molar-refractivity contribution in [2.45, 2.75) is 18.9 Å². The van der Waals surface area contributed by atoms with Gasteiger partial charge >= 0.3 is 5.97 Å². The fraction of sp³-hybridized carbons (Fsp3) is 0.533. The Bertz CT molecular complexity index is 503. The van der Waals surface area contributed by atoms with Crippen molar-refractivity contribution in [2.24, 2.45) is 0 Å². The molecule has 2 heterocycles. The van der Waals surface area contributed by atoms with E-state index in [4.69, 9.17) is 14.6 Å². The number of rotatable bonds is 4. The van der Waals surface area contributed by atoms with Gasteiger partial charge in [0.2, 0.25) is 0 Å². The number of hydrogen-bond donors (Lipinski definition) is 1. The molecule has 1 unspecified atom stereocenters. The SMILES string of the molecule is O=C(O)C1CN(CCc2ccc3c(c2)CCO3)CCO1. The number of aliphatic carboxylic acids is 1. The molecule has 2 aliphatic heterocycles. The molecule has 1 fully saturated rings. The van der Waals surface area contributed by atoms with Gasteiger partial charge in [-0.1, -0.05) is 12.1 Å². The molecule has 0 aromatic heterocycles. The molecule has 3 rings (SSSR count). The first-order valence-electron chi connectivity index (χ1n) is 7.04. The van der Waals surface area contributed by atoms with Crippen LogP contribution in [0.1, 0.15) is 11.1 Å². The van der Waals surface area contributed by atoms with E-state index in [9.17, 15) is 4.79 Å². The fourth-order valence-electron chi connectivity index (χ4n) is 2.74. The van der Waals surface area contributed by atoms with Crippen LogP contribution in [0.25, 0.3) is 0 Å². The molecule has 0 bridgehead atoms. The molecular formula is C15H19NO4. The van der Waals surface area contributed by atoms with Crippen molar-refractivity contribution in [3.8, 4) is 5.75 Å². The summed E-state index contributed by atoms with van der Waals surface area (Å²) in [5, 5.41) is 8.98. The van der Waals surface area contributed by atoms with Crippen molar-refractivity contribution >= 4 is 5.97 Å². The van der Waals surface area contributed by atoms with Gasteiger partial charge in [-0.3, -0.25) is 4.90 Å². The highest BCUT2D eigenvalue weighted by Crippen LogP contribution is 2.26. The van der Waals surface area contributed by atoms with Crippen molar-refractivity contribution in [2.75, 3.05) is 32.8 Å². The Labute approximate surface area is 118 Å². The van der Waals surface area contributed by atoms with Crippen LogP contribution in [0.2, 0.25) is 0 Å². The second-order valence-corrected chi connectivity index (χ2v) is 5.29. The van der Waals surface area contributed by atoms with Gasteiger partial charge in [-0.25, -0.2) is 4.79 Å². The Morgan fingerprint density at radius 3 is 3.15 bits per heavy atom. The lowest BCUT2D eigenvalue weighted by atomic mass is 10.1. The highest BCUT2D eigenvalue weighted by molar-refractivity contribution is 5.72. The number of morpholine rings is 1. The zero-order valence-electron chi connectivity index (χ0n) is 11.4. The lowest BCUT2D eigenvalue weighted by Crippen LogP contribution is -2.46. The summed E-state index contributed by atoms with van der Waals surface area (Å²) in [6, 6.07) is 6.34. The molecule has 1 aromatic carbocycles. The second kappa shape index (κ2) is 5.81.